The Bertz CT molecular complexity index is 1280. The average Bonchev–Trinajstić information content (AvgIpc) is 3.46. The van der Waals surface area contributed by atoms with Crippen LogP contribution in [0.3, 0.4) is 0 Å². The summed E-state index contributed by atoms with van der Waals surface area (Å²) in [6.07, 6.45) is 2.21. The number of aromatic nitrogens is 1. The molecule has 0 aliphatic carbocycles. The number of carbonyl (C=O) groups excluding carboxylic acids is 1. The number of fused-ring (bicyclic) bond motifs is 1. The van der Waals surface area contributed by atoms with Crippen molar-refractivity contribution in [2.75, 3.05) is 19.2 Å². The summed E-state index contributed by atoms with van der Waals surface area (Å²) >= 11 is 1.18. The highest BCUT2D eigenvalue weighted by molar-refractivity contribution is 7.14. The molecule has 0 radical (unpaired) electrons. The van der Waals surface area contributed by atoms with E-state index in [9.17, 15) is 23.7 Å². The first kappa shape index (κ1) is 22.9. The summed E-state index contributed by atoms with van der Waals surface area (Å²) in [5.41, 5.74) is 0.793. The number of amides is 1. The second kappa shape index (κ2) is 9.70. The SMILES string of the molecule is COc1cc(/C=C/C(=O)Nc2nc(-c3ccc4c(c3)OCO4)cs2)c([N+](=O)[O-])cc1OC(F)F. The van der Waals surface area contributed by atoms with Gasteiger partial charge in [-0.05, 0) is 30.3 Å². The smallest absolute Gasteiger partial charge is 0.387 e. The molecule has 1 N–H and O–H groups in total. The fourth-order valence-corrected chi connectivity index (χ4v) is 3.76. The molecule has 4 rings (SSSR count). The maximum atomic E-state index is 12.6. The molecule has 0 bridgehead atoms. The number of carbonyl (C=O) groups is 1. The van der Waals surface area contributed by atoms with Gasteiger partial charge in [-0.2, -0.15) is 8.78 Å². The van der Waals surface area contributed by atoms with Gasteiger partial charge in [0.2, 0.25) is 12.7 Å². The molecule has 1 amide bonds. The van der Waals surface area contributed by atoms with E-state index in [1.54, 1.807) is 17.5 Å². The summed E-state index contributed by atoms with van der Waals surface area (Å²) in [4.78, 5) is 27.3. The molecule has 1 aliphatic heterocycles. The number of nitro groups is 1. The lowest BCUT2D eigenvalue weighted by atomic mass is 10.1. The minimum atomic E-state index is -3.19. The van der Waals surface area contributed by atoms with Crippen LogP contribution in [0.5, 0.6) is 23.0 Å². The number of anilines is 1. The molecule has 2 aromatic carbocycles. The van der Waals surface area contributed by atoms with Crippen LogP contribution in [-0.4, -0.2) is 36.3 Å². The van der Waals surface area contributed by atoms with Gasteiger partial charge in [-0.15, -0.1) is 11.3 Å². The molecule has 10 nitrogen and oxygen atoms in total. The standard InChI is InChI=1S/C21H15F2N3O7S/c1-30-16-7-12(14(26(28)29)8-18(16)33-20(22)23)3-5-19(27)25-21-24-13(9-34-21)11-2-4-15-17(6-11)32-10-31-15/h2-9,20H,10H2,1H3,(H,24,25,27)/b5-3+. The highest BCUT2D eigenvalue weighted by atomic mass is 32.1. The van der Waals surface area contributed by atoms with Crippen LogP contribution in [0.15, 0.2) is 41.8 Å². The summed E-state index contributed by atoms with van der Waals surface area (Å²) in [5, 5.41) is 16.0. The lowest BCUT2D eigenvalue weighted by molar-refractivity contribution is -0.385. The van der Waals surface area contributed by atoms with Crippen molar-refractivity contribution in [1.29, 1.82) is 0 Å². The molecule has 0 unspecified atom stereocenters. The number of ether oxygens (including phenoxy) is 4. The van der Waals surface area contributed by atoms with Crippen LogP contribution in [0.2, 0.25) is 0 Å². The number of methoxy groups -OCH3 is 1. The lowest BCUT2D eigenvalue weighted by Crippen LogP contribution is -2.07. The molecule has 34 heavy (non-hydrogen) atoms. The van der Waals surface area contributed by atoms with E-state index in [1.165, 1.54) is 18.4 Å². The van der Waals surface area contributed by atoms with E-state index in [2.05, 4.69) is 15.0 Å². The summed E-state index contributed by atoms with van der Waals surface area (Å²) in [7, 11) is 1.19. The number of benzene rings is 2. The van der Waals surface area contributed by atoms with Gasteiger partial charge in [-0.1, -0.05) is 0 Å². The Labute approximate surface area is 194 Å². The van der Waals surface area contributed by atoms with Crippen LogP contribution in [0.4, 0.5) is 19.6 Å². The largest absolute Gasteiger partial charge is 0.493 e. The third-order valence-corrected chi connectivity index (χ3v) is 5.30. The molecule has 3 aromatic rings. The number of halogens is 2. The second-order valence-corrected chi connectivity index (χ2v) is 7.48. The monoisotopic (exact) mass is 491 g/mol. The number of nitrogens with one attached hydrogen (secondary N) is 1. The summed E-state index contributed by atoms with van der Waals surface area (Å²) in [6, 6.07) is 7.28. The molecule has 0 saturated heterocycles. The van der Waals surface area contributed by atoms with E-state index < -0.39 is 28.9 Å². The van der Waals surface area contributed by atoms with E-state index in [0.29, 0.717) is 22.3 Å². The first-order valence-corrected chi connectivity index (χ1v) is 10.4. The number of hydrogen-bond acceptors (Lipinski definition) is 9. The zero-order valence-electron chi connectivity index (χ0n) is 17.3. The van der Waals surface area contributed by atoms with Crippen molar-refractivity contribution in [3.8, 4) is 34.3 Å². The van der Waals surface area contributed by atoms with Gasteiger partial charge >= 0.3 is 6.61 Å². The molecule has 176 valence electrons. The molecule has 0 atom stereocenters. The van der Waals surface area contributed by atoms with E-state index in [-0.39, 0.29) is 18.1 Å². The molecule has 0 spiro atoms. The van der Waals surface area contributed by atoms with E-state index in [4.69, 9.17) is 14.2 Å². The summed E-state index contributed by atoms with van der Waals surface area (Å²) < 4.78 is 45.0. The maximum absolute atomic E-state index is 12.6. The number of nitrogens with zero attached hydrogens (tertiary/aromatic N) is 2. The van der Waals surface area contributed by atoms with Gasteiger partial charge in [0.05, 0.1) is 29.4 Å². The predicted octanol–water partition coefficient (Wildman–Crippen LogP) is 4.71. The van der Waals surface area contributed by atoms with Crippen LogP contribution in [0.25, 0.3) is 17.3 Å². The summed E-state index contributed by atoms with van der Waals surface area (Å²) in [5.74, 6) is -0.0187. The van der Waals surface area contributed by atoms with Crippen LogP contribution in [0.1, 0.15) is 5.56 Å². The number of hydrogen-bond donors (Lipinski definition) is 1. The highest BCUT2D eigenvalue weighted by Crippen LogP contribution is 2.37. The topological polar surface area (TPSA) is 122 Å². The minimum absolute atomic E-state index is 0.0428. The molecule has 13 heteroatoms. The number of rotatable bonds is 8. The quantitative estimate of drug-likeness (QED) is 0.273. The Morgan fingerprint density at radius 1 is 1.26 bits per heavy atom. The van der Waals surface area contributed by atoms with Gasteiger partial charge in [0, 0.05) is 17.0 Å². The summed E-state index contributed by atoms with van der Waals surface area (Å²) in [6.45, 7) is -3.04. The van der Waals surface area contributed by atoms with Gasteiger partial charge in [0.25, 0.3) is 5.69 Å². The number of nitro benzene ring substituents is 1. The number of alkyl halides is 2. The molecule has 1 aromatic heterocycles. The highest BCUT2D eigenvalue weighted by Gasteiger charge is 2.21. The van der Waals surface area contributed by atoms with Crippen molar-refractivity contribution in [2.45, 2.75) is 6.61 Å². The van der Waals surface area contributed by atoms with Crippen molar-refractivity contribution in [3.63, 3.8) is 0 Å². The van der Waals surface area contributed by atoms with E-state index >= 15 is 0 Å². The fourth-order valence-electron chi connectivity index (χ4n) is 3.04. The normalized spacial score (nSPS) is 12.2. The van der Waals surface area contributed by atoms with Crippen LogP contribution >= 0.6 is 11.3 Å². The van der Waals surface area contributed by atoms with Crippen LogP contribution < -0.4 is 24.3 Å². The number of thiazole rings is 1. The Morgan fingerprint density at radius 3 is 2.79 bits per heavy atom. The van der Waals surface area contributed by atoms with Crippen LogP contribution in [0, 0.1) is 10.1 Å². The minimum Gasteiger partial charge on any atom is -0.493 e. The molecule has 2 heterocycles. The first-order chi connectivity index (χ1) is 16.3. The Kier molecular flexibility index (Phi) is 6.54. The van der Waals surface area contributed by atoms with Gasteiger partial charge in [-0.3, -0.25) is 20.2 Å². The van der Waals surface area contributed by atoms with Gasteiger partial charge in [0.1, 0.15) is 0 Å². The van der Waals surface area contributed by atoms with Gasteiger partial charge in [-0.25, -0.2) is 4.98 Å². The van der Waals surface area contributed by atoms with Crippen molar-refractivity contribution in [2.24, 2.45) is 0 Å². The van der Waals surface area contributed by atoms with Crippen LogP contribution in [-0.2, 0) is 4.79 Å². The second-order valence-electron chi connectivity index (χ2n) is 6.63. The van der Waals surface area contributed by atoms with Gasteiger partial charge < -0.3 is 18.9 Å². The van der Waals surface area contributed by atoms with E-state index in [0.717, 1.165) is 29.8 Å². The lowest BCUT2D eigenvalue weighted by Gasteiger charge is -2.10. The molecule has 1 aliphatic rings. The van der Waals surface area contributed by atoms with Crippen molar-refractivity contribution in [3.05, 3.63) is 57.5 Å². The van der Waals surface area contributed by atoms with Crippen molar-refractivity contribution < 1.29 is 37.4 Å². The zero-order chi connectivity index (χ0) is 24.2. The molecular formula is C21H15F2N3O7S. The van der Waals surface area contributed by atoms with Crippen molar-refractivity contribution >= 4 is 34.1 Å². The Balaban J connectivity index is 1.49. The van der Waals surface area contributed by atoms with E-state index in [1.807, 2.05) is 6.07 Å². The zero-order valence-corrected chi connectivity index (χ0v) is 18.1. The third kappa shape index (κ3) is 5.04. The predicted molar refractivity (Wildman–Crippen MR) is 118 cm³/mol. The first-order valence-electron chi connectivity index (χ1n) is 9.50. The maximum Gasteiger partial charge on any atom is 0.387 e. The molecular weight excluding hydrogens is 476 g/mol. The average molecular weight is 491 g/mol. The fraction of sp³-hybridized carbons (Fsp3) is 0.143. The molecule has 0 fully saturated rings. The van der Waals surface area contributed by atoms with Gasteiger partial charge in [0.15, 0.2) is 28.1 Å². The third-order valence-electron chi connectivity index (χ3n) is 4.54. The Hall–Kier alpha value is -4.26. The Morgan fingerprint density at radius 2 is 2.06 bits per heavy atom. The molecule has 0 saturated carbocycles. The van der Waals surface area contributed by atoms with Crippen molar-refractivity contribution in [1.82, 2.24) is 4.98 Å².